The highest BCUT2D eigenvalue weighted by atomic mass is 16.2. The van der Waals surface area contributed by atoms with Crippen molar-refractivity contribution >= 4 is 11.8 Å². The van der Waals surface area contributed by atoms with Gasteiger partial charge in [-0.2, -0.15) is 5.26 Å². The molecule has 0 saturated carbocycles. The van der Waals surface area contributed by atoms with Crippen molar-refractivity contribution in [3.8, 4) is 6.07 Å². The van der Waals surface area contributed by atoms with E-state index in [9.17, 15) is 14.9 Å². The van der Waals surface area contributed by atoms with Gasteiger partial charge in [0.2, 0.25) is 11.8 Å². The number of hydrogen-bond donors (Lipinski definition) is 0. The number of hydrogen-bond acceptors (Lipinski definition) is 3. The molecule has 0 aliphatic carbocycles. The molecule has 5 heteroatoms. The van der Waals surface area contributed by atoms with Crippen LogP contribution in [0.2, 0.25) is 0 Å². The van der Waals surface area contributed by atoms with E-state index in [-0.39, 0.29) is 11.8 Å². The number of nitriles is 1. The van der Waals surface area contributed by atoms with Gasteiger partial charge in [-0.15, -0.1) is 0 Å². The first-order valence-electron chi connectivity index (χ1n) is 10.0. The minimum atomic E-state index is -0.867. The van der Waals surface area contributed by atoms with E-state index in [4.69, 9.17) is 0 Å². The second-order valence-corrected chi connectivity index (χ2v) is 7.68. The van der Waals surface area contributed by atoms with E-state index in [1.807, 2.05) is 55.5 Å². The molecular formula is C24H27N3O2. The zero-order chi connectivity index (χ0) is 21.0. The van der Waals surface area contributed by atoms with Crippen molar-refractivity contribution in [1.82, 2.24) is 9.80 Å². The summed E-state index contributed by atoms with van der Waals surface area (Å²) in [5.41, 5.74) is 1.69. The van der Waals surface area contributed by atoms with Crippen molar-refractivity contribution in [1.29, 1.82) is 5.26 Å². The van der Waals surface area contributed by atoms with Crippen molar-refractivity contribution in [2.75, 3.05) is 14.1 Å². The average molecular weight is 389 g/mol. The van der Waals surface area contributed by atoms with Gasteiger partial charge in [0.1, 0.15) is 11.6 Å². The average Bonchev–Trinajstić information content (AvgIpc) is 2.76. The van der Waals surface area contributed by atoms with Crippen LogP contribution in [0, 0.1) is 11.3 Å². The zero-order valence-corrected chi connectivity index (χ0v) is 17.3. The van der Waals surface area contributed by atoms with Gasteiger partial charge in [-0.1, -0.05) is 55.5 Å². The quantitative estimate of drug-likeness (QED) is 0.762. The highest BCUT2D eigenvalue weighted by Crippen LogP contribution is 2.33. The number of likely N-dealkylation sites (N-methyl/N-ethyl adjacent to an activating group) is 2. The van der Waals surface area contributed by atoms with E-state index in [1.54, 1.807) is 30.0 Å². The molecule has 0 bridgehead atoms. The normalized spacial score (nSPS) is 21.9. The van der Waals surface area contributed by atoms with E-state index >= 15 is 0 Å². The lowest BCUT2D eigenvalue weighted by Crippen LogP contribution is -2.70. The fourth-order valence-corrected chi connectivity index (χ4v) is 4.31. The van der Waals surface area contributed by atoms with Crippen LogP contribution in [0.5, 0.6) is 0 Å². The second-order valence-electron chi connectivity index (χ2n) is 7.68. The van der Waals surface area contributed by atoms with Gasteiger partial charge in [0.15, 0.2) is 0 Å². The molecule has 1 aliphatic heterocycles. The van der Waals surface area contributed by atoms with Gasteiger partial charge in [0.05, 0.1) is 11.6 Å². The molecular weight excluding hydrogens is 362 g/mol. The van der Waals surface area contributed by atoms with E-state index in [0.29, 0.717) is 31.2 Å². The van der Waals surface area contributed by atoms with Gasteiger partial charge >= 0.3 is 0 Å². The van der Waals surface area contributed by atoms with Crippen LogP contribution in [-0.2, 0) is 22.4 Å². The Morgan fingerprint density at radius 3 is 2.34 bits per heavy atom. The smallest absolute Gasteiger partial charge is 0.249 e. The van der Waals surface area contributed by atoms with E-state index in [2.05, 4.69) is 6.07 Å². The van der Waals surface area contributed by atoms with Crippen LogP contribution >= 0.6 is 0 Å². The third-order valence-electron chi connectivity index (χ3n) is 6.19. The van der Waals surface area contributed by atoms with Crippen molar-refractivity contribution < 1.29 is 9.59 Å². The first kappa shape index (κ1) is 20.6. The second kappa shape index (κ2) is 8.48. The number of aryl methyl sites for hydroxylation is 1. The lowest BCUT2D eigenvalue weighted by Gasteiger charge is -2.50. The van der Waals surface area contributed by atoms with Crippen LogP contribution in [-0.4, -0.2) is 47.3 Å². The van der Waals surface area contributed by atoms with E-state index in [0.717, 1.165) is 11.1 Å². The molecule has 2 amide bonds. The summed E-state index contributed by atoms with van der Waals surface area (Å²) in [4.78, 5) is 30.0. The molecule has 2 aromatic rings. The molecule has 150 valence electrons. The molecule has 0 spiro atoms. The van der Waals surface area contributed by atoms with Crippen molar-refractivity contribution in [2.45, 2.75) is 44.2 Å². The molecule has 29 heavy (non-hydrogen) atoms. The van der Waals surface area contributed by atoms with Crippen LogP contribution in [0.1, 0.15) is 36.5 Å². The van der Waals surface area contributed by atoms with Gasteiger partial charge in [0.25, 0.3) is 0 Å². The minimum Gasteiger partial charge on any atom is -0.332 e. The SMILES string of the molecule is CCC1(Cc2ccccc2)C(=O)N(C)C(CCc2ccccc2C#N)C(=O)N1C. The molecule has 2 unspecified atom stereocenters. The van der Waals surface area contributed by atoms with Gasteiger partial charge in [-0.05, 0) is 36.5 Å². The molecule has 0 N–H and O–H groups in total. The Morgan fingerprint density at radius 2 is 1.69 bits per heavy atom. The Balaban J connectivity index is 1.83. The third-order valence-corrected chi connectivity index (χ3v) is 6.19. The van der Waals surface area contributed by atoms with Gasteiger partial charge in [0, 0.05) is 20.5 Å². The van der Waals surface area contributed by atoms with Crippen molar-refractivity contribution in [3.05, 3.63) is 71.3 Å². The van der Waals surface area contributed by atoms with Crippen molar-refractivity contribution in [2.24, 2.45) is 0 Å². The first-order valence-corrected chi connectivity index (χ1v) is 10.0. The fraction of sp³-hybridized carbons (Fsp3) is 0.375. The van der Waals surface area contributed by atoms with Crippen LogP contribution in [0.3, 0.4) is 0 Å². The Hall–Kier alpha value is -3.13. The van der Waals surface area contributed by atoms with Gasteiger partial charge in [-0.25, -0.2) is 0 Å². The monoisotopic (exact) mass is 389 g/mol. The molecule has 1 heterocycles. The summed E-state index contributed by atoms with van der Waals surface area (Å²) in [6.45, 7) is 1.96. The van der Waals surface area contributed by atoms with Crippen LogP contribution in [0.15, 0.2) is 54.6 Å². The molecule has 1 saturated heterocycles. The Morgan fingerprint density at radius 1 is 1.03 bits per heavy atom. The minimum absolute atomic E-state index is 0.0236. The number of piperazine rings is 1. The summed E-state index contributed by atoms with van der Waals surface area (Å²) in [6.07, 6.45) is 2.12. The van der Waals surface area contributed by atoms with Crippen LogP contribution in [0.4, 0.5) is 0 Å². The number of rotatable bonds is 6. The van der Waals surface area contributed by atoms with Crippen molar-refractivity contribution in [3.63, 3.8) is 0 Å². The summed E-state index contributed by atoms with van der Waals surface area (Å²) < 4.78 is 0. The van der Waals surface area contributed by atoms with Crippen LogP contribution in [0.25, 0.3) is 0 Å². The fourth-order valence-electron chi connectivity index (χ4n) is 4.31. The predicted molar refractivity (Wildman–Crippen MR) is 112 cm³/mol. The molecule has 5 nitrogen and oxygen atoms in total. The molecule has 0 aromatic heterocycles. The van der Waals surface area contributed by atoms with Crippen LogP contribution < -0.4 is 0 Å². The molecule has 2 aromatic carbocycles. The standard InChI is InChI=1S/C24H27N3O2/c1-4-24(16-18-10-6-5-7-11-18)23(29)26(2)21(22(28)27(24)3)15-14-19-12-8-9-13-20(19)17-25/h5-13,21H,4,14-16H2,1-3H3. The third kappa shape index (κ3) is 3.75. The maximum Gasteiger partial charge on any atom is 0.249 e. The van der Waals surface area contributed by atoms with Gasteiger partial charge in [-0.3, -0.25) is 9.59 Å². The Kier molecular flexibility index (Phi) is 6.03. The highest BCUT2D eigenvalue weighted by molar-refractivity contribution is 5.99. The largest absolute Gasteiger partial charge is 0.332 e. The maximum absolute atomic E-state index is 13.5. The lowest BCUT2D eigenvalue weighted by molar-refractivity contribution is -0.168. The summed E-state index contributed by atoms with van der Waals surface area (Å²) >= 11 is 0. The van der Waals surface area contributed by atoms with E-state index in [1.165, 1.54) is 0 Å². The molecule has 2 atom stereocenters. The van der Waals surface area contributed by atoms with Gasteiger partial charge < -0.3 is 9.80 Å². The Bertz CT molecular complexity index is 935. The predicted octanol–water partition coefficient (Wildman–Crippen LogP) is 3.18. The zero-order valence-electron chi connectivity index (χ0n) is 17.3. The molecule has 1 fully saturated rings. The highest BCUT2D eigenvalue weighted by Gasteiger charge is 2.52. The molecule has 0 radical (unpaired) electrons. The summed E-state index contributed by atoms with van der Waals surface area (Å²) in [5, 5.41) is 9.29. The topological polar surface area (TPSA) is 64.4 Å². The number of carbonyl (C=O) groups is 2. The summed E-state index contributed by atoms with van der Waals surface area (Å²) in [6, 6.07) is 18.9. The number of nitrogens with zero attached hydrogens (tertiary/aromatic N) is 3. The lowest BCUT2D eigenvalue weighted by atomic mass is 9.81. The first-order chi connectivity index (χ1) is 13.9. The number of carbonyl (C=O) groups excluding carboxylic acids is 2. The number of amides is 2. The number of benzene rings is 2. The molecule has 1 aliphatic rings. The van der Waals surface area contributed by atoms with E-state index < -0.39 is 11.6 Å². The molecule has 3 rings (SSSR count). The Labute approximate surface area is 172 Å². The summed E-state index contributed by atoms with van der Waals surface area (Å²) in [7, 11) is 3.47. The summed E-state index contributed by atoms with van der Waals surface area (Å²) in [5.74, 6) is -0.0659. The maximum atomic E-state index is 13.5.